The summed E-state index contributed by atoms with van der Waals surface area (Å²) in [6.07, 6.45) is 0.774. The highest BCUT2D eigenvalue weighted by atomic mass is 16.5. The maximum Gasteiger partial charge on any atom is 0.119 e. The Labute approximate surface area is 155 Å². The van der Waals surface area contributed by atoms with Crippen LogP contribution in [0.3, 0.4) is 0 Å². The molecular weight excluding hydrogens is 328 g/mol. The molecule has 0 spiro atoms. The van der Waals surface area contributed by atoms with Crippen molar-refractivity contribution in [2.75, 3.05) is 33.4 Å². The predicted molar refractivity (Wildman–Crippen MR) is 102 cm³/mol. The lowest BCUT2D eigenvalue weighted by Crippen LogP contribution is -2.52. The van der Waals surface area contributed by atoms with Crippen LogP contribution in [0.15, 0.2) is 48.5 Å². The van der Waals surface area contributed by atoms with Crippen LogP contribution in [0.1, 0.15) is 17.5 Å². The van der Waals surface area contributed by atoms with Gasteiger partial charge in [0.15, 0.2) is 0 Å². The highest BCUT2D eigenvalue weighted by molar-refractivity contribution is 5.28. The van der Waals surface area contributed by atoms with Gasteiger partial charge in [0, 0.05) is 45.4 Å². The summed E-state index contributed by atoms with van der Waals surface area (Å²) in [6.45, 7) is 4.84. The van der Waals surface area contributed by atoms with Gasteiger partial charge >= 0.3 is 0 Å². The standard InChI is InChI=1S/C21H28N2O3/c1-26-21-4-2-3-18(13-21)15-23-11-10-22(16-19(23)9-12-24)14-17-5-7-20(25)8-6-17/h2-8,13,19,24-25H,9-12,14-16H2,1H3/t19-/m0/s1. The number of aromatic hydroxyl groups is 1. The Kier molecular flexibility index (Phi) is 6.50. The molecule has 1 aliphatic heterocycles. The normalized spacial score (nSPS) is 18.8. The van der Waals surface area contributed by atoms with Crippen LogP contribution < -0.4 is 4.74 Å². The number of benzene rings is 2. The number of aliphatic hydroxyl groups is 1. The summed E-state index contributed by atoms with van der Waals surface area (Å²) in [4.78, 5) is 4.88. The van der Waals surface area contributed by atoms with Crippen molar-refractivity contribution in [3.8, 4) is 11.5 Å². The SMILES string of the molecule is COc1cccc(CN2CCN(Cc3ccc(O)cc3)C[C@@H]2CCO)c1. The van der Waals surface area contributed by atoms with Gasteiger partial charge in [0.05, 0.1) is 7.11 Å². The van der Waals surface area contributed by atoms with E-state index in [-0.39, 0.29) is 6.61 Å². The van der Waals surface area contributed by atoms with E-state index in [0.29, 0.717) is 11.8 Å². The van der Waals surface area contributed by atoms with Crippen molar-refractivity contribution in [3.63, 3.8) is 0 Å². The van der Waals surface area contributed by atoms with Gasteiger partial charge in [0.25, 0.3) is 0 Å². The zero-order valence-electron chi connectivity index (χ0n) is 15.3. The second-order valence-corrected chi connectivity index (χ2v) is 6.89. The summed E-state index contributed by atoms with van der Waals surface area (Å²) >= 11 is 0. The molecule has 1 fully saturated rings. The van der Waals surface area contributed by atoms with Crippen molar-refractivity contribution in [3.05, 3.63) is 59.7 Å². The first kappa shape index (κ1) is 18.7. The van der Waals surface area contributed by atoms with Gasteiger partial charge in [-0.2, -0.15) is 0 Å². The molecule has 1 saturated heterocycles. The lowest BCUT2D eigenvalue weighted by Gasteiger charge is -2.41. The zero-order chi connectivity index (χ0) is 18.4. The maximum atomic E-state index is 9.50. The molecule has 0 aromatic heterocycles. The molecule has 0 unspecified atom stereocenters. The molecule has 1 aliphatic rings. The molecule has 0 radical (unpaired) electrons. The number of rotatable bonds is 7. The molecule has 1 heterocycles. The van der Waals surface area contributed by atoms with Crippen LogP contribution in [-0.2, 0) is 13.1 Å². The molecule has 0 amide bonds. The molecule has 2 N–H and O–H groups in total. The Morgan fingerprint density at radius 1 is 1.04 bits per heavy atom. The molecule has 5 heteroatoms. The summed E-state index contributed by atoms with van der Waals surface area (Å²) in [5.74, 6) is 1.18. The van der Waals surface area contributed by atoms with E-state index in [2.05, 4.69) is 21.9 Å². The summed E-state index contributed by atoms with van der Waals surface area (Å²) in [5, 5.41) is 18.9. The van der Waals surface area contributed by atoms with Crippen molar-refractivity contribution in [1.82, 2.24) is 9.80 Å². The average Bonchev–Trinajstić information content (AvgIpc) is 2.66. The van der Waals surface area contributed by atoms with Crippen LogP contribution in [0, 0.1) is 0 Å². The van der Waals surface area contributed by atoms with Crippen molar-refractivity contribution in [1.29, 1.82) is 0 Å². The third kappa shape index (κ3) is 4.97. The van der Waals surface area contributed by atoms with Gasteiger partial charge in [-0.3, -0.25) is 9.80 Å². The van der Waals surface area contributed by atoms with Crippen LogP contribution >= 0.6 is 0 Å². The molecular formula is C21H28N2O3. The number of ether oxygens (including phenoxy) is 1. The van der Waals surface area contributed by atoms with Crippen molar-refractivity contribution in [2.24, 2.45) is 0 Å². The molecule has 3 rings (SSSR count). The Bertz CT molecular complexity index is 690. The van der Waals surface area contributed by atoms with E-state index >= 15 is 0 Å². The number of phenols is 1. The van der Waals surface area contributed by atoms with Crippen LogP contribution in [0.2, 0.25) is 0 Å². The van der Waals surface area contributed by atoms with Gasteiger partial charge in [0.1, 0.15) is 11.5 Å². The predicted octanol–water partition coefficient (Wildman–Crippen LogP) is 2.47. The van der Waals surface area contributed by atoms with Crippen LogP contribution in [0.5, 0.6) is 11.5 Å². The minimum absolute atomic E-state index is 0.201. The van der Waals surface area contributed by atoms with Gasteiger partial charge in [-0.1, -0.05) is 24.3 Å². The highest BCUT2D eigenvalue weighted by Gasteiger charge is 2.26. The first-order valence-corrected chi connectivity index (χ1v) is 9.16. The average molecular weight is 356 g/mol. The minimum Gasteiger partial charge on any atom is -0.508 e. The number of methoxy groups -OCH3 is 1. The molecule has 0 aliphatic carbocycles. The first-order valence-electron chi connectivity index (χ1n) is 9.16. The Hall–Kier alpha value is -2.08. The van der Waals surface area contributed by atoms with E-state index in [1.54, 1.807) is 19.2 Å². The van der Waals surface area contributed by atoms with E-state index in [1.807, 2.05) is 24.3 Å². The van der Waals surface area contributed by atoms with Crippen LogP contribution in [0.25, 0.3) is 0 Å². The van der Waals surface area contributed by atoms with Gasteiger partial charge in [-0.15, -0.1) is 0 Å². The van der Waals surface area contributed by atoms with Gasteiger partial charge < -0.3 is 14.9 Å². The molecule has 1 atom stereocenters. The molecule has 140 valence electrons. The lowest BCUT2D eigenvalue weighted by atomic mass is 10.1. The lowest BCUT2D eigenvalue weighted by molar-refractivity contribution is 0.0499. The minimum atomic E-state index is 0.201. The maximum absolute atomic E-state index is 9.50. The second kappa shape index (κ2) is 9.03. The number of aliphatic hydroxyl groups excluding tert-OH is 1. The number of hydrogen-bond donors (Lipinski definition) is 2. The van der Waals surface area contributed by atoms with Crippen LogP contribution in [0.4, 0.5) is 0 Å². The fraction of sp³-hybridized carbons (Fsp3) is 0.429. The first-order chi connectivity index (χ1) is 12.7. The fourth-order valence-corrected chi connectivity index (χ4v) is 3.60. The van der Waals surface area contributed by atoms with Gasteiger partial charge in [-0.05, 0) is 41.8 Å². The quantitative estimate of drug-likeness (QED) is 0.798. The smallest absolute Gasteiger partial charge is 0.119 e. The number of hydrogen-bond acceptors (Lipinski definition) is 5. The van der Waals surface area contributed by atoms with Gasteiger partial charge in [0.2, 0.25) is 0 Å². The Morgan fingerprint density at radius 3 is 2.58 bits per heavy atom. The summed E-state index contributed by atoms with van der Waals surface area (Å²) in [7, 11) is 1.69. The van der Waals surface area contributed by atoms with E-state index < -0.39 is 0 Å². The topological polar surface area (TPSA) is 56.2 Å². The highest BCUT2D eigenvalue weighted by Crippen LogP contribution is 2.21. The second-order valence-electron chi connectivity index (χ2n) is 6.89. The van der Waals surface area contributed by atoms with E-state index in [4.69, 9.17) is 4.74 Å². The molecule has 2 aromatic carbocycles. The molecule has 0 bridgehead atoms. The fourth-order valence-electron chi connectivity index (χ4n) is 3.60. The number of phenolic OH excluding ortho intramolecular Hbond substituents is 1. The summed E-state index contributed by atoms with van der Waals surface area (Å²) in [6, 6.07) is 15.9. The van der Waals surface area contributed by atoms with Crippen LogP contribution in [-0.4, -0.2) is 59.4 Å². The summed E-state index contributed by atoms with van der Waals surface area (Å²) < 4.78 is 5.33. The van der Waals surface area contributed by atoms with Crippen molar-refractivity contribution in [2.45, 2.75) is 25.6 Å². The third-order valence-corrected chi connectivity index (χ3v) is 5.01. The Morgan fingerprint density at radius 2 is 1.85 bits per heavy atom. The van der Waals surface area contributed by atoms with Gasteiger partial charge in [-0.25, -0.2) is 0 Å². The van der Waals surface area contributed by atoms with Crippen molar-refractivity contribution < 1.29 is 14.9 Å². The molecule has 2 aromatic rings. The largest absolute Gasteiger partial charge is 0.508 e. The number of nitrogens with zero attached hydrogens (tertiary/aromatic N) is 2. The Balaban J connectivity index is 1.62. The van der Waals surface area contributed by atoms with E-state index in [1.165, 1.54) is 11.1 Å². The molecule has 0 saturated carbocycles. The summed E-state index contributed by atoms with van der Waals surface area (Å²) in [5.41, 5.74) is 2.44. The van der Waals surface area contributed by atoms with Crippen molar-refractivity contribution >= 4 is 0 Å². The molecule has 5 nitrogen and oxygen atoms in total. The third-order valence-electron chi connectivity index (χ3n) is 5.01. The monoisotopic (exact) mass is 356 g/mol. The zero-order valence-corrected chi connectivity index (χ0v) is 15.3. The van der Waals surface area contributed by atoms with E-state index in [9.17, 15) is 10.2 Å². The van der Waals surface area contributed by atoms with E-state index in [0.717, 1.165) is 44.9 Å². The molecule has 26 heavy (non-hydrogen) atoms. The number of piperazine rings is 1.